The molecule has 0 unspecified atom stereocenters. The van der Waals surface area contributed by atoms with Gasteiger partial charge in [0.1, 0.15) is 0 Å². The van der Waals surface area contributed by atoms with Gasteiger partial charge in [0.25, 0.3) is 0 Å². The van der Waals surface area contributed by atoms with Crippen molar-refractivity contribution in [1.29, 1.82) is 0 Å². The van der Waals surface area contributed by atoms with E-state index >= 15 is 0 Å². The number of carbonyl (C=O) groups is 1. The number of nitrogens with one attached hydrogen (secondary N) is 1. The zero-order valence-corrected chi connectivity index (χ0v) is 12.9. The highest BCUT2D eigenvalue weighted by Gasteiger charge is 2.10. The minimum absolute atomic E-state index is 0.0536. The van der Waals surface area contributed by atoms with E-state index in [2.05, 4.69) is 24.1 Å². The van der Waals surface area contributed by atoms with Crippen molar-refractivity contribution in [2.75, 3.05) is 26.2 Å². The summed E-state index contributed by atoms with van der Waals surface area (Å²) in [5.74, 6) is -0.0536. The first kappa shape index (κ1) is 16.3. The molecule has 0 aromatic heterocycles. The van der Waals surface area contributed by atoms with E-state index < -0.39 is 0 Å². The molecule has 0 aliphatic carbocycles. The third kappa shape index (κ3) is 5.39. The van der Waals surface area contributed by atoms with E-state index in [9.17, 15) is 4.79 Å². The summed E-state index contributed by atoms with van der Waals surface area (Å²) in [6, 6.07) is 5.25. The molecule has 106 valence electrons. The normalized spacial score (nSPS) is 10.8. The number of hydrogen-bond donors (Lipinski definition) is 1. The molecule has 1 amide bonds. The van der Waals surface area contributed by atoms with Crippen molar-refractivity contribution in [3.8, 4) is 0 Å². The summed E-state index contributed by atoms with van der Waals surface area (Å²) >= 11 is 12.1. The molecule has 0 fully saturated rings. The quantitative estimate of drug-likeness (QED) is 0.840. The molecule has 0 spiro atoms. The van der Waals surface area contributed by atoms with Crippen molar-refractivity contribution >= 4 is 29.1 Å². The van der Waals surface area contributed by atoms with Gasteiger partial charge in [-0.3, -0.25) is 4.79 Å². The van der Waals surface area contributed by atoms with E-state index in [-0.39, 0.29) is 12.3 Å². The third-order valence-electron chi connectivity index (χ3n) is 3.04. The van der Waals surface area contributed by atoms with Gasteiger partial charge in [0, 0.05) is 23.1 Å². The van der Waals surface area contributed by atoms with Crippen LogP contribution in [0.3, 0.4) is 0 Å². The van der Waals surface area contributed by atoms with Crippen LogP contribution >= 0.6 is 23.2 Å². The molecule has 0 heterocycles. The van der Waals surface area contributed by atoms with Crippen molar-refractivity contribution in [3.63, 3.8) is 0 Å². The molecule has 1 N–H and O–H groups in total. The molecule has 1 aromatic carbocycles. The summed E-state index contributed by atoms with van der Waals surface area (Å²) in [4.78, 5) is 14.1. The highest BCUT2D eigenvalue weighted by Crippen LogP contribution is 2.24. The van der Waals surface area contributed by atoms with Crippen LogP contribution in [0.15, 0.2) is 18.2 Å². The lowest BCUT2D eigenvalue weighted by molar-refractivity contribution is -0.120. The van der Waals surface area contributed by atoms with E-state index in [1.54, 1.807) is 18.2 Å². The number of halogens is 2. The molecule has 1 aromatic rings. The minimum Gasteiger partial charge on any atom is -0.355 e. The lowest BCUT2D eigenvalue weighted by atomic mass is 10.1. The Hall–Kier alpha value is -0.770. The predicted molar refractivity (Wildman–Crippen MR) is 81.0 cm³/mol. The highest BCUT2D eigenvalue weighted by molar-refractivity contribution is 6.36. The van der Waals surface area contributed by atoms with Gasteiger partial charge < -0.3 is 10.2 Å². The lowest BCUT2D eigenvalue weighted by Crippen LogP contribution is -2.35. The Labute approximate surface area is 124 Å². The fraction of sp³-hybridized carbons (Fsp3) is 0.500. The van der Waals surface area contributed by atoms with Gasteiger partial charge in [-0.05, 0) is 30.8 Å². The lowest BCUT2D eigenvalue weighted by Gasteiger charge is -2.18. The number of nitrogens with zero attached hydrogens (tertiary/aromatic N) is 1. The molecule has 0 aliphatic rings. The van der Waals surface area contributed by atoms with Gasteiger partial charge >= 0.3 is 0 Å². The van der Waals surface area contributed by atoms with Crippen LogP contribution in [0, 0.1) is 0 Å². The van der Waals surface area contributed by atoms with Crippen LogP contribution in [0.1, 0.15) is 19.4 Å². The Morgan fingerprint density at radius 2 is 1.79 bits per heavy atom. The van der Waals surface area contributed by atoms with Gasteiger partial charge in [0.2, 0.25) is 5.91 Å². The Morgan fingerprint density at radius 1 is 1.21 bits per heavy atom. The molecule has 0 saturated heterocycles. The Kier molecular flexibility index (Phi) is 7.21. The van der Waals surface area contributed by atoms with E-state index in [0.717, 1.165) is 19.6 Å². The summed E-state index contributed by atoms with van der Waals surface area (Å²) in [5, 5.41) is 3.95. The van der Waals surface area contributed by atoms with Crippen molar-refractivity contribution in [3.05, 3.63) is 33.8 Å². The van der Waals surface area contributed by atoms with Crippen LogP contribution < -0.4 is 5.32 Å². The summed E-state index contributed by atoms with van der Waals surface area (Å²) in [7, 11) is 0. The molecule has 3 nitrogen and oxygen atoms in total. The summed E-state index contributed by atoms with van der Waals surface area (Å²) in [5.41, 5.74) is 0.686. The average Bonchev–Trinajstić information content (AvgIpc) is 2.39. The molecule has 0 aliphatic heterocycles. The van der Waals surface area contributed by atoms with Gasteiger partial charge in [0.05, 0.1) is 6.42 Å². The number of rotatable bonds is 7. The molecular formula is C14H20Cl2N2O. The predicted octanol–water partition coefficient (Wildman–Crippen LogP) is 2.99. The van der Waals surface area contributed by atoms with Crippen molar-refractivity contribution in [1.82, 2.24) is 10.2 Å². The Morgan fingerprint density at radius 3 is 2.32 bits per heavy atom. The van der Waals surface area contributed by atoms with Crippen LogP contribution in [0.2, 0.25) is 10.0 Å². The monoisotopic (exact) mass is 302 g/mol. The second-order valence-electron chi connectivity index (χ2n) is 4.25. The maximum atomic E-state index is 11.8. The fourth-order valence-electron chi connectivity index (χ4n) is 1.82. The highest BCUT2D eigenvalue weighted by atomic mass is 35.5. The van der Waals surface area contributed by atoms with Crippen LogP contribution in [0.4, 0.5) is 0 Å². The molecule has 0 radical (unpaired) electrons. The summed E-state index contributed by atoms with van der Waals surface area (Å²) < 4.78 is 0. The maximum absolute atomic E-state index is 11.8. The van der Waals surface area contributed by atoms with Gasteiger partial charge in [-0.1, -0.05) is 43.1 Å². The molecule has 19 heavy (non-hydrogen) atoms. The Balaban J connectivity index is 2.43. The minimum atomic E-state index is -0.0536. The van der Waals surface area contributed by atoms with Crippen molar-refractivity contribution in [2.45, 2.75) is 20.3 Å². The number of hydrogen-bond acceptors (Lipinski definition) is 2. The zero-order chi connectivity index (χ0) is 14.3. The molecule has 1 rings (SSSR count). The standard InChI is InChI=1S/C14H20Cl2N2O/c1-3-18(4-2)9-8-17-14(19)10-11-12(15)6-5-7-13(11)16/h5-7H,3-4,8-10H2,1-2H3,(H,17,19). The van der Waals surface area contributed by atoms with E-state index in [4.69, 9.17) is 23.2 Å². The SMILES string of the molecule is CCN(CC)CCNC(=O)Cc1c(Cl)cccc1Cl. The second-order valence-corrected chi connectivity index (χ2v) is 5.07. The van der Waals surface area contributed by atoms with Crippen LogP contribution in [-0.2, 0) is 11.2 Å². The largest absolute Gasteiger partial charge is 0.355 e. The summed E-state index contributed by atoms with van der Waals surface area (Å²) in [6.45, 7) is 7.69. The first-order valence-electron chi connectivity index (χ1n) is 6.50. The van der Waals surface area contributed by atoms with Crippen LogP contribution in [0.5, 0.6) is 0 Å². The topological polar surface area (TPSA) is 32.3 Å². The summed E-state index contributed by atoms with van der Waals surface area (Å²) in [6.07, 6.45) is 0.219. The third-order valence-corrected chi connectivity index (χ3v) is 3.75. The number of likely N-dealkylation sites (N-methyl/N-ethyl adjacent to an activating group) is 1. The number of carbonyl (C=O) groups excluding carboxylic acids is 1. The molecule has 0 bridgehead atoms. The van der Waals surface area contributed by atoms with E-state index in [1.165, 1.54) is 0 Å². The maximum Gasteiger partial charge on any atom is 0.224 e. The Bertz CT molecular complexity index is 400. The number of amides is 1. The first-order valence-corrected chi connectivity index (χ1v) is 7.26. The van der Waals surface area contributed by atoms with E-state index in [0.29, 0.717) is 22.2 Å². The molecule has 5 heteroatoms. The fourth-order valence-corrected chi connectivity index (χ4v) is 2.35. The van der Waals surface area contributed by atoms with Crippen molar-refractivity contribution < 1.29 is 4.79 Å². The van der Waals surface area contributed by atoms with Gasteiger partial charge in [0.15, 0.2) is 0 Å². The average molecular weight is 303 g/mol. The first-order chi connectivity index (χ1) is 9.08. The zero-order valence-electron chi connectivity index (χ0n) is 11.4. The molecular weight excluding hydrogens is 283 g/mol. The number of benzene rings is 1. The second kappa shape index (κ2) is 8.41. The van der Waals surface area contributed by atoms with Gasteiger partial charge in [-0.2, -0.15) is 0 Å². The van der Waals surface area contributed by atoms with Crippen LogP contribution in [0.25, 0.3) is 0 Å². The molecule has 0 atom stereocenters. The van der Waals surface area contributed by atoms with Crippen molar-refractivity contribution in [2.24, 2.45) is 0 Å². The molecule has 0 saturated carbocycles. The van der Waals surface area contributed by atoms with E-state index in [1.807, 2.05) is 0 Å². The smallest absolute Gasteiger partial charge is 0.224 e. The van der Waals surface area contributed by atoms with Gasteiger partial charge in [-0.15, -0.1) is 0 Å². The van der Waals surface area contributed by atoms with Crippen LogP contribution in [-0.4, -0.2) is 37.0 Å². The van der Waals surface area contributed by atoms with Gasteiger partial charge in [-0.25, -0.2) is 0 Å².